The molecule has 0 aliphatic rings. The SMILES string of the molecule is CCCOc1c(/C=N/NC(=O)Cc2cc(OC)ccc2Cl)cccc1OC. The predicted octanol–water partition coefficient (Wildman–Crippen LogP) is 3.84. The number of para-hydroxylation sites is 1. The van der Waals surface area contributed by atoms with Crippen LogP contribution in [0.4, 0.5) is 0 Å². The van der Waals surface area contributed by atoms with Crippen LogP contribution in [0, 0.1) is 0 Å². The predicted molar refractivity (Wildman–Crippen MR) is 106 cm³/mol. The van der Waals surface area contributed by atoms with Crippen molar-refractivity contribution in [2.45, 2.75) is 19.8 Å². The van der Waals surface area contributed by atoms with Crippen molar-refractivity contribution in [3.05, 3.63) is 52.5 Å². The zero-order valence-electron chi connectivity index (χ0n) is 15.6. The highest BCUT2D eigenvalue weighted by molar-refractivity contribution is 6.31. The van der Waals surface area contributed by atoms with Gasteiger partial charge in [0.1, 0.15) is 5.75 Å². The molecule has 0 saturated heterocycles. The summed E-state index contributed by atoms with van der Waals surface area (Å²) in [6, 6.07) is 10.6. The summed E-state index contributed by atoms with van der Waals surface area (Å²) in [7, 11) is 3.14. The largest absolute Gasteiger partial charge is 0.497 e. The first-order valence-electron chi connectivity index (χ1n) is 8.53. The molecule has 0 aliphatic carbocycles. The number of amides is 1. The minimum Gasteiger partial charge on any atom is -0.497 e. The monoisotopic (exact) mass is 390 g/mol. The second-order valence-corrected chi connectivity index (χ2v) is 6.06. The standard InChI is InChI=1S/C20H23ClN2O4/c1-4-10-27-20-14(6-5-7-18(20)26-3)13-22-23-19(24)12-15-11-16(25-2)8-9-17(15)21/h5-9,11,13H,4,10,12H2,1-3H3,(H,23,24)/b22-13+. The van der Waals surface area contributed by atoms with E-state index in [-0.39, 0.29) is 12.3 Å². The Bertz CT molecular complexity index is 809. The van der Waals surface area contributed by atoms with Crippen molar-refractivity contribution < 1.29 is 19.0 Å². The van der Waals surface area contributed by atoms with Crippen LogP contribution in [0.2, 0.25) is 5.02 Å². The fraction of sp³-hybridized carbons (Fsp3) is 0.300. The number of nitrogens with zero attached hydrogens (tertiary/aromatic N) is 1. The Morgan fingerprint density at radius 3 is 2.74 bits per heavy atom. The van der Waals surface area contributed by atoms with Crippen molar-refractivity contribution in [3.63, 3.8) is 0 Å². The minimum absolute atomic E-state index is 0.0880. The Kier molecular flexibility index (Phi) is 7.95. The van der Waals surface area contributed by atoms with E-state index in [1.165, 1.54) is 6.21 Å². The van der Waals surface area contributed by atoms with Crippen LogP contribution in [0.3, 0.4) is 0 Å². The molecule has 0 atom stereocenters. The van der Waals surface area contributed by atoms with E-state index >= 15 is 0 Å². The lowest BCUT2D eigenvalue weighted by atomic mass is 10.1. The Morgan fingerprint density at radius 1 is 1.22 bits per heavy atom. The van der Waals surface area contributed by atoms with Gasteiger partial charge in [0, 0.05) is 10.6 Å². The maximum Gasteiger partial charge on any atom is 0.244 e. The van der Waals surface area contributed by atoms with Crippen LogP contribution in [0.15, 0.2) is 41.5 Å². The van der Waals surface area contributed by atoms with E-state index < -0.39 is 0 Å². The highest BCUT2D eigenvalue weighted by atomic mass is 35.5. The molecule has 0 aromatic heterocycles. The number of ether oxygens (including phenoxy) is 3. The van der Waals surface area contributed by atoms with E-state index in [4.69, 9.17) is 25.8 Å². The maximum absolute atomic E-state index is 12.2. The van der Waals surface area contributed by atoms with Crippen molar-refractivity contribution in [2.24, 2.45) is 5.10 Å². The van der Waals surface area contributed by atoms with Gasteiger partial charge in [-0.05, 0) is 42.3 Å². The first kappa shape index (κ1) is 20.6. The molecule has 0 unspecified atom stereocenters. The molecule has 0 aliphatic heterocycles. The molecule has 6 nitrogen and oxygen atoms in total. The van der Waals surface area contributed by atoms with Gasteiger partial charge in [0.05, 0.1) is 33.5 Å². The summed E-state index contributed by atoms with van der Waals surface area (Å²) in [5.41, 5.74) is 3.87. The van der Waals surface area contributed by atoms with Gasteiger partial charge >= 0.3 is 0 Å². The van der Waals surface area contributed by atoms with Gasteiger partial charge < -0.3 is 14.2 Å². The van der Waals surface area contributed by atoms with Gasteiger partial charge in [-0.2, -0.15) is 5.10 Å². The molecule has 27 heavy (non-hydrogen) atoms. The Labute approximate surface area is 164 Å². The van der Waals surface area contributed by atoms with Crippen LogP contribution in [-0.2, 0) is 11.2 Å². The highest BCUT2D eigenvalue weighted by Crippen LogP contribution is 2.30. The number of hydrogen-bond acceptors (Lipinski definition) is 5. The number of nitrogens with one attached hydrogen (secondary N) is 1. The van der Waals surface area contributed by atoms with Gasteiger partial charge in [0.15, 0.2) is 11.5 Å². The summed E-state index contributed by atoms with van der Waals surface area (Å²) in [5, 5.41) is 4.52. The van der Waals surface area contributed by atoms with Crippen LogP contribution in [0.1, 0.15) is 24.5 Å². The van der Waals surface area contributed by atoms with Gasteiger partial charge in [-0.15, -0.1) is 0 Å². The molecule has 1 N–H and O–H groups in total. The number of carbonyl (C=O) groups excluding carboxylic acids is 1. The molecule has 0 heterocycles. The van der Waals surface area contributed by atoms with Crippen LogP contribution < -0.4 is 19.6 Å². The molecule has 144 valence electrons. The summed E-state index contributed by atoms with van der Waals surface area (Å²) in [6.07, 6.45) is 2.48. The number of halogens is 1. The zero-order valence-corrected chi connectivity index (χ0v) is 16.4. The average Bonchev–Trinajstić information content (AvgIpc) is 2.68. The van der Waals surface area contributed by atoms with Crippen LogP contribution >= 0.6 is 11.6 Å². The Balaban J connectivity index is 2.06. The lowest BCUT2D eigenvalue weighted by Crippen LogP contribution is -2.20. The van der Waals surface area contributed by atoms with Gasteiger partial charge in [-0.1, -0.05) is 24.6 Å². The fourth-order valence-electron chi connectivity index (χ4n) is 2.35. The van der Waals surface area contributed by atoms with E-state index in [1.54, 1.807) is 32.4 Å². The van der Waals surface area contributed by atoms with Crippen LogP contribution in [-0.4, -0.2) is 32.9 Å². The van der Waals surface area contributed by atoms with E-state index in [0.717, 1.165) is 6.42 Å². The number of methoxy groups -OCH3 is 2. The average molecular weight is 391 g/mol. The molecule has 0 saturated carbocycles. The molecule has 0 fully saturated rings. The van der Waals surface area contributed by atoms with E-state index in [2.05, 4.69) is 10.5 Å². The van der Waals surface area contributed by atoms with Crippen molar-refractivity contribution in [2.75, 3.05) is 20.8 Å². The number of rotatable bonds is 9. The lowest BCUT2D eigenvalue weighted by molar-refractivity contribution is -0.120. The summed E-state index contributed by atoms with van der Waals surface area (Å²) in [6.45, 7) is 2.58. The maximum atomic E-state index is 12.2. The number of carbonyl (C=O) groups is 1. The van der Waals surface area contributed by atoms with Gasteiger partial charge in [-0.25, -0.2) is 5.43 Å². The smallest absolute Gasteiger partial charge is 0.244 e. The van der Waals surface area contributed by atoms with E-state index in [9.17, 15) is 4.79 Å². The van der Waals surface area contributed by atoms with Crippen molar-refractivity contribution in [1.29, 1.82) is 0 Å². The fourth-order valence-corrected chi connectivity index (χ4v) is 2.54. The molecule has 0 radical (unpaired) electrons. The number of hydrazone groups is 1. The second-order valence-electron chi connectivity index (χ2n) is 5.65. The molecule has 0 spiro atoms. The number of hydrogen-bond donors (Lipinski definition) is 1. The zero-order chi connectivity index (χ0) is 19.6. The molecular weight excluding hydrogens is 368 g/mol. The van der Waals surface area contributed by atoms with Crippen molar-refractivity contribution in [3.8, 4) is 17.2 Å². The van der Waals surface area contributed by atoms with E-state index in [1.807, 2.05) is 25.1 Å². The third kappa shape index (κ3) is 5.89. The molecule has 2 aromatic carbocycles. The molecule has 1 amide bonds. The van der Waals surface area contributed by atoms with Crippen LogP contribution in [0.5, 0.6) is 17.2 Å². The molecule has 0 bridgehead atoms. The topological polar surface area (TPSA) is 69.2 Å². The van der Waals surface area contributed by atoms with Gasteiger partial charge in [0.2, 0.25) is 5.91 Å². The first-order chi connectivity index (χ1) is 13.1. The lowest BCUT2D eigenvalue weighted by Gasteiger charge is -2.12. The normalized spacial score (nSPS) is 10.7. The molecular formula is C20H23ClN2O4. The Hall–Kier alpha value is -2.73. The van der Waals surface area contributed by atoms with Crippen molar-refractivity contribution >= 4 is 23.7 Å². The van der Waals surface area contributed by atoms with Crippen molar-refractivity contribution in [1.82, 2.24) is 5.43 Å². The summed E-state index contributed by atoms with van der Waals surface area (Å²) < 4.78 is 16.2. The van der Waals surface area contributed by atoms with Gasteiger partial charge in [0.25, 0.3) is 0 Å². The minimum atomic E-state index is -0.291. The molecule has 2 aromatic rings. The third-order valence-corrected chi connectivity index (χ3v) is 4.05. The number of benzene rings is 2. The first-order valence-corrected chi connectivity index (χ1v) is 8.91. The quantitative estimate of drug-likeness (QED) is 0.521. The van der Waals surface area contributed by atoms with E-state index in [0.29, 0.717) is 40.0 Å². The Morgan fingerprint density at radius 2 is 2.04 bits per heavy atom. The summed E-state index contributed by atoms with van der Waals surface area (Å²) in [5.74, 6) is 1.55. The van der Waals surface area contributed by atoms with Crippen LogP contribution in [0.25, 0.3) is 0 Å². The summed E-state index contributed by atoms with van der Waals surface area (Å²) in [4.78, 5) is 12.2. The molecule has 2 rings (SSSR count). The molecule has 7 heteroatoms. The summed E-state index contributed by atoms with van der Waals surface area (Å²) >= 11 is 6.13. The second kappa shape index (κ2) is 10.4. The third-order valence-electron chi connectivity index (χ3n) is 3.68. The highest BCUT2D eigenvalue weighted by Gasteiger charge is 2.10. The van der Waals surface area contributed by atoms with Gasteiger partial charge in [-0.3, -0.25) is 4.79 Å².